The fourth-order valence-corrected chi connectivity index (χ4v) is 0. The fourth-order valence-electron chi connectivity index (χ4n) is 0. The molecule has 13 heavy (non-hydrogen) atoms. The van der Waals surface area contributed by atoms with E-state index in [4.69, 9.17) is 37.3 Å². The number of hydrogen-bond donors (Lipinski definition) is 2. The van der Waals surface area contributed by atoms with E-state index in [0.717, 1.165) is 0 Å². The molecule has 5 N–H and O–H groups in total. The van der Waals surface area contributed by atoms with E-state index in [1.807, 2.05) is 0 Å². The monoisotopic (exact) mass is 262 g/mol. The number of rotatable bonds is 0. The summed E-state index contributed by atoms with van der Waals surface area (Å²) in [6.07, 6.45) is 0. The molecule has 0 spiro atoms. The third kappa shape index (κ3) is 90.4. The molecule has 0 fully saturated rings. The van der Waals surface area contributed by atoms with Crippen LogP contribution in [0.4, 0.5) is 0 Å². The second kappa shape index (κ2) is 9.37. The molecular weight excluding hydrogens is 257 g/mol. The van der Waals surface area contributed by atoms with Crippen molar-refractivity contribution in [1.29, 1.82) is 0 Å². The molecule has 0 atom stereocenters. The van der Waals surface area contributed by atoms with Crippen molar-refractivity contribution in [3.63, 3.8) is 0 Å². The van der Waals surface area contributed by atoms with E-state index < -0.39 is 22.3 Å². The average molecular weight is 262 g/mol. The first kappa shape index (κ1) is 22.8. The maximum Gasteiger partial charge on any atom is 2.00 e. The SMILES string of the molecule is O=C([O-])C(=O)O.O=S(=O)([O-])[O-].[Co+2].[NH4+]. The zero-order valence-corrected chi connectivity index (χ0v) is 7.90. The number of carboxylic acids is 2. The molecule has 0 amide bonds. The van der Waals surface area contributed by atoms with Crippen LogP contribution in [0.1, 0.15) is 0 Å². The van der Waals surface area contributed by atoms with E-state index in [9.17, 15) is 0 Å². The summed E-state index contributed by atoms with van der Waals surface area (Å²) in [4.78, 5) is 18.0. The standard InChI is InChI=1S/C2H2O4.Co.H3N.H2O4S/c3-1(4)2(5)6;;;1-5(2,3)4/h(H,3,4)(H,5,6);;1H3;(H2,1,2,3,4)/q;+2;;/p-2. The van der Waals surface area contributed by atoms with E-state index in [1.165, 1.54) is 0 Å². The molecule has 0 aromatic heterocycles. The molecule has 0 saturated heterocycles. The summed E-state index contributed by atoms with van der Waals surface area (Å²) in [5, 5.41) is 16.3. The normalized spacial score (nSPS) is 7.85. The number of aliphatic carboxylic acids is 2. The summed E-state index contributed by atoms with van der Waals surface area (Å²) < 4.78 is 34.1. The summed E-state index contributed by atoms with van der Waals surface area (Å²) in [6, 6.07) is 0. The Labute approximate surface area is 83.1 Å². The van der Waals surface area contributed by atoms with Crippen LogP contribution in [0.15, 0.2) is 0 Å². The Hall–Kier alpha value is -0.724. The van der Waals surface area contributed by atoms with Gasteiger partial charge in [0.15, 0.2) is 5.97 Å². The van der Waals surface area contributed by atoms with Gasteiger partial charge in [0.1, 0.15) is 0 Å². The van der Waals surface area contributed by atoms with Gasteiger partial charge in [-0.05, 0) is 0 Å². The Morgan fingerprint density at radius 2 is 1.23 bits per heavy atom. The van der Waals surface area contributed by atoms with Crippen molar-refractivity contribution in [1.82, 2.24) is 6.15 Å². The van der Waals surface area contributed by atoms with Crippen molar-refractivity contribution < 1.29 is 54.1 Å². The van der Waals surface area contributed by atoms with Crippen molar-refractivity contribution >= 4 is 22.3 Å². The van der Waals surface area contributed by atoms with Crippen molar-refractivity contribution in [3.8, 4) is 0 Å². The second-order valence-electron chi connectivity index (χ2n) is 1.00. The van der Waals surface area contributed by atoms with Crippen molar-refractivity contribution in [2.45, 2.75) is 0 Å². The Bertz CT molecular complexity index is 225. The molecule has 0 aliphatic heterocycles. The van der Waals surface area contributed by atoms with E-state index in [0.29, 0.717) is 0 Å². The summed E-state index contributed by atoms with van der Waals surface area (Å²) in [5.41, 5.74) is 0. The minimum absolute atomic E-state index is 0. The first-order chi connectivity index (χ1) is 4.64. The molecule has 0 unspecified atom stereocenters. The maximum atomic E-state index is 9.04. The molecular formula is C2H5CoNO8S. The predicted octanol–water partition coefficient (Wildman–Crippen LogP) is -3.14. The maximum absolute atomic E-state index is 9.04. The van der Waals surface area contributed by atoms with Gasteiger partial charge in [0.05, 0.1) is 0 Å². The zero-order valence-electron chi connectivity index (χ0n) is 6.05. The quantitative estimate of drug-likeness (QED) is 0.259. The van der Waals surface area contributed by atoms with Crippen molar-refractivity contribution in [2.24, 2.45) is 0 Å². The molecule has 81 valence electrons. The van der Waals surface area contributed by atoms with Gasteiger partial charge >= 0.3 is 22.7 Å². The first-order valence-corrected chi connectivity index (χ1v) is 3.09. The van der Waals surface area contributed by atoms with Crippen molar-refractivity contribution in [2.75, 3.05) is 0 Å². The van der Waals surface area contributed by atoms with Crippen LogP contribution in [0.5, 0.6) is 0 Å². The minimum Gasteiger partial charge on any atom is -0.759 e. The molecule has 0 aromatic carbocycles. The Morgan fingerprint density at radius 3 is 1.23 bits per heavy atom. The van der Waals surface area contributed by atoms with Crippen molar-refractivity contribution in [3.05, 3.63) is 0 Å². The predicted molar refractivity (Wildman–Crippen MR) is 29.1 cm³/mol. The third-order valence-electron chi connectivity index (χ3n) is 0.175. The van der Waals surface area contributed by atoms with E-state index in [1.54, 1.807) is 0 Å². The first-order valence-electron chi connectivity index (χ1n) is 1.75. The topological polar surface area (TPSA) is 194 Å². The number of hydrogen-bond acceptors (Lipinski definition) is 7. The molecule has 11 heteroatoms. The van der Waals surface area contributed by atoms with Crippen LogP contribution in [-0.2, 0) is 36.8 Å². The molecule has 0 heterocycles. The van der Waals surface area contributed by atoms with Crippen LogP contribution in [0, 0.1) is 0 Å². The van der Waals surface area contributed by atoms with Crippen LogP contribution in [0.3, 0.4) is 0 Å². The number of quaternary nitrogens is 1. The third-order valence-corrected chi connectivity index (χ3v) is 0.175. The molecule has 1 radical (unpaired) electrons. The van der Waals surface area contributed by atoms with Crippen LogP contribution in [0.25, 0.3) is 0 Å². The summed E-state index contributed by atoms with van der Waals surface area (Å²) in [6.45, 7) is 0. The van der Waals surface area contributed by atoms with Crippen LogP contribution in [-0.4, -0.2) is 34.6 Å². The minimum atomic E-state index is -5.17. The molecule has 0 aromatic rings. The number of carboxylic acid groups (broad SMARTS) is 2. The summed E-state index contributed by atoms with van der Waals surface area (Å²) >= 11 is 0. The molecule has 0 rings (SSSR count). The van der Waals surface area contributed by atoms with Crippen LogP contribution >= 0.6 is 0 Å². The van der Waals surface area contributed by atoms with E-state index >= 15 is 0 Å². The fraction of sp³-hybridized carbons (Fsp3) is 0. The van der Waals surface area contributed by atoms with Gasteiger partial charge in [-0.15, -0.1) is 0 Å². The molecule has 0 saturated carbocycles. The van der Waals surface area contributed by atoms with Gasteiger partial charge < -0.3 is 30.3 Å². The zero-order chi connectivity index (χ0) is 9.65. The summed E-state index contributed by atoms with van der Waals surface area (Å²) in [5.74, 6) is -4.01. The number of carbonyl (C=O) groups is 2. The van der Waals surface area contributed by atoms with Gasteiger partial charge in [-0.3, -0.25) is 8.42 Å². The molecule has 9 nitrogen and oxygen atoms in total. The van der Waals surface area contributed by atoms with Gasteiger partial charge in [-0.1, -0.05) is 0 Å². The number of carbonyl (C=O) groups excluding carboxylic acids is 1. The smallest absolute Gasteiger partial charge is 0.759 e. The summed E-state index contributed by atoms with van der Waals surface area (Å²) in [7, 11) is -5.17. The average Bonchev–Trinajstić information content (AvgIpc) is 1.59. The molecule has 0 aliphatic carbocycles. The van der Waals surface area contributed by atoms with E-state index in [-0.39, 0.29) is 22.9 Å². The van der Waals surface area contributed by atoms with Gasteiger partial charge in [0.25, 0.3) is 0 Å². The molecule has 0 aliphatic rings. The largest absolute Gasteiger partial charge is 2.00 e. The van der Waals surface area contributed by atoms with Gasteiger partial charge in [-0.25, -0.2) is 4.79 Å². The van der Waals surface area contributed by atoms with Gasteiger partial charge in [0.2, 0.25) is 0 Å². The molecule has 0 bridgehead atoms. The van der Waals surface area contributed by atoms with Crippen LogP contribution in [0.2, 0.25) is 0 Å². The Kier molecular flexibility index (Phi) is 16.4. The van der Waals surface area contributed by atoms with Gasteiger partial charge in [-0.2, -0.15) is 0 Å². The van der Waals surface area contributed by atoms with Crippen LogP contribution < -0.4 is 11.3 Å². The van der Waals surface area contributed by atoms with E-state index in [2.05, 4.69) is 0 Å². The Morgan fingerprint density at radius 1 is 1.15 bits per heavy atom. The second-order valence-corrected chi connectivity index (χ2v) is 1.82. The Balaban J connectivity index is -0.0000000546. The van der Waals surface area contributed by atoms with Gasteiger partial charge in [0, 0.05) is 10.4 Å².